The quantitative estimate of drug-likeness (QED) is 0.813. The van der Waals surface area contributed by atoms with Gasteiger partial charge in [0.25, 0.3) is 5.95 Å². The summed E-state index contributed by atoms with van der Waals surface area (Å²) in [5.41, 5.74) is -0.787. The van der Waals surface area contributed by atoms with E-state index in [1.54, 1.807) is 13.8 Å². The number of nitrogens with one attached hydrogen (secondary N) is 2. The highest BCUT2D eigenvalue weighted by Crippen LogP contribution is 2.13. The summed E-state index contributed by atoms with van der Waals surface area (Å²) in [7, 11) is 0. The molecule has 0 saturated heterocycles. The molecule has 20 heavy (non-hydrogen) atoms. The van der Waals surface area contributed by atoms with Crippen LogP contribution in [0.4, 0.5) is 11.9 Å². The molecule has 0 radical (unpaired) electrons. The van der Waals surface area contributed by atoms with Gasteiger partial charge in [0.15, 0.2) is 0 Å². The monoisotopic (exact) mass is 273 g/mol. The van der Waals surface area contributed by atoms with E-state index in [9.17, 15) is 0 Å². The molecule has 0 bridgehead atoms. The Morgan fingerprint density at radius 3 is 2.65 bits per heavy atom. The minimum Gasteiger partial charge on any atom is -0.354 e. The Morgan fingerprint density at radius 1 is 1.30 bits per heavy atom. The number of nitrogens with zero attached hydrogens (tertiary/aromatic N) is 7. The van der Waals surface area contributed by atoms with Gasteiger partial charge >= 0.3 is 0 Å². The third-order valence-corrected chi connectivity index (χ3v) is 2.29. The summed E-state index contributed by atoms with van der Waals surface area (Å²) < 4.78 is 1.42. The summed E-state index contributed by atoms with van der Waals surface area (Å²) in [6.45, 7) is 6.07. The fourth-order valence-electron chi connectivity index (χ4n) is 1.38. The molecule has 0 saturated carbocycles. The lowest BCUT2D eigenvalue weighted by molar-refractivity contribution is 0.708. The van der Waals surface area contributed by atoms with Crippen LogP contribution in [-0.2, 0) is 0 Å². The van der Waals surface area contributed by atoms with Gasteiger partial charge < -0.3 is 10.6 Å². The van der Waals surface area contributed by atoms with Crippen LogP contribution in [0.25, 0.3) is 5.95 Å². The Morgan fingerprint density at radius 2 is 2.05 bits per heavy atom. The van der Waals surface area contributed by atoms with Crippen LogP contribution in [0.3, 0.4) is 0 Å². The first-order valence-electron chi connectivity index (χ1n) is 6.08. The molecule has 0 fully saturated rings. The van der Waals surface area contributed by atoms with Gasteiger partial charge in [-0.25, -0.2) is 4.98 Å². The zero-order chi connectivity index (χ0) is 14.6. The second-order valence-corrected chi connectivity index (χ2v) is 4.51. The van der Waals surface area contributed by atoms with Crippen molar-refractivity contribution in [3.05, 3.63) is 12.7 Å². The molecule has 0 aliphatic rings. The zero-order valence-electron chi connectivity index (χ0n) is 11.5. The van der Waals surface area contributed by atoms with Crippen LogP contribution in [-0.4, -0.2) is 41.8 Å². The van der Waals surface area contributed by atoms with E-state index in [2.05, 4.69) is 41.7 Å². The maximum absolute atomic E-state index is 9.05. The maximum atomic E-state index is 9.05. The molecule has 2 aromatic heterocycles. The summed E-state index contributed by atoms with van der Waals surface area (Å²) >= 11 is 0. The Bertz CT molecular complexity index is 611. The van der Waals surface area contributed by atoms with Crippen LogP contribution < -0.4 is 10.6 Å². The molecule has 104 valence electrons. The average Bonchev–Trinajstić information content (AvgIpc) is 2.92. The molecule has 2 N–H and O–H groups in total. The summed E-state index contributed by atoms with van der Waals surface area (Å²) in [6, 6.07) is 2.13. The summed E-state index contributed by atoms with van der Waals surface area (Å²) in [5.74, 6) is 1.03. The van der Waals surface area contributed by atoms with Crippen LogP contribution in [0, 0.1) is 11.3 Å². The third-order valence-electron chi connectivity index (χ3n) is 2.29. The summed E-state index contributed by atoms with van der Waals surface area (Å²) in [6.07, 6.45) is 2.88. The Balaban J connectivity index is 2.39. The predicted octanol–water partition coefficient (Wildman–Crippen LogP) is 0.598. The van der Waals surface area contributed by atoms with Gasteiger partial charge in [-0.2, -0.15) is 30.0 Å². The largest absolute Gasteiger partial charge is 0.354 e. The molecule has 0 aliphatic heterocycles. The fourth-order valence-corrected chi connectivity index (χ4v) is 1.38. The van der Waals surface area contributed by atoms with E-state index < -0.39 is 5.54 Å². The molecule has 0 aromatic carbocycles. The normalized spacial score (nSPS) is 10.9. The van der Waals surface area contributed by atoms with E-state index >= 15 is 0 Å². The number of nitriles is 1. The zero-order valence-corrected chi connectivity index (χ0v) is 11.5. The van der Waals surface area contributed by atoms with Gasteiger partial charge in [-0.15, -0.1) is 0 Å². The number of rotatable bonds is 5. The second-order valence-electron chi connectivity index (χ2n) is 4.51. The first-order valence-corrected chi connectivity index (χ1v) is 6.08. The number of aromatic nitrogens is 6. The van der Waals surface area contributed by atoms with E-state index in [4.69, 9.17) is 5.26 Å². The van der Waals surface area contributed by atoms with E-state index in [1.807, 2.05) is 6.92 Å². The van der Waals surface area contributed by atoms with Crippen molar-refractivity contribution in [3.63, 3.8) is 0 Å². The van der Waals surface area contributed by atoms with Gasteiger partial charge in [0.2, 0.25) is 11.9 Å². The second kappa shape index (κ2) is 5.48. The van der Waals surface area contributed by atoms with Crippen molar-refractivity contribution in [2.75, 3.05) is 17.2 Å². The van der Waals surface area contributed by atoms with Crippen molar-refractivity contribution >= 4 is 11.9 Å². The lowest BCUT2D eigenvalue weighted by atomic mass is 10.1. The highest BCUT2D eigenvalue weighted by molar-refractivity contribution is 5.40. The van der Waals surface area contributed by atoms with E-state index in [0.717, 1.165) is 0 Å². The lowest BCUT2D eigenvalue weighted by Gasteiger charge is -2.18. The fraction of sp³-hybridized carbons (Fsp3) is 0.455. The highest BCUT2D eigenvalue weighted by atomic mass is 15.4. The van der Waals surface area contributed by atoms with Gasteiger partial charge in [0, 0.05) is 6.54 Å². The summed E-state index contributed by atoms with van der Waals surface area (Å²) in [4.78, 5) is 16.5. The maximum Gasteiger partial charge on any atom is 0.258 e. The minimum absolute atomic E-state index is 0.299. The van der Waals surface area contributed by atoms with Gasteiger partial charge in [-0.3, -0.25) is 0 Å². The molecule has 0 atom stereocenters. The molecule has 2 rings (SSSR count). The van der Waals surface area contributed by atoms with Gasteiger partial charge in [0.05, 0.1) is 6.07 Å². The molecule has 0 amide bonds. The van der Waals surface area contributed by atoms with Crippen molar-refractivity contribution in [3.8, 4) is 12.0 Å². The van der Waals surface area contributed by atoms with Gasteiger partial charge in [0.1, 0.15) is 18.2 Å². The number of hydrogen-bond donors (Lipinski definition) is 2. The van der Waals surface area contributed by atoms with Crippen molar-refractivity contribution < 1.29 is 0 Å². The van der Waals surface area contributed by atoms with Crippen molar-refractivity contribution in [1.82, 2.24) is 29.7 Å². The molecule has 9 nitrogen and oxygen atoms in total. The topological polar surface area (TPSA) is 117 Å². The standard InChI is InChI=1S/C11H15N9/c1-4-14-8-16-9(19-11(2,3)5-12)18-10(17-8)20-7-13-6-15-20/h6-7H,4H2,1-3H3,(H2,14,16,17,18,19). The van der Waals surface area contributed by atoms with Crippen LogP contribution in [0.2, 0.25) is 0 Å². The van der Waals surface area contributed by atoms with Crippen LogP contribution in [0.15, 0.2) is 12.7 Å². The third kappa shape index (κ3) is 3.17. The Kier molecular flexibility index (Phi) is 3.74. The molecule has 2 aromatic rings. The lowest BCUT2D eigenvalue weighted by Crippen LogP contribution is -2.30. The first-order chi connectivity index (χ1) is 9.54. The minimum atomic E-state index is -0.787. The highest BCUT2D eigenvalue weighted by Gasteiger charge is 2.19. The summed E-state index contributed by atoms with van der Waals surface area (Å²) in [5, 5.41) is 19.0. The molecule has 0 unspecified atom stereocenters. The van der Waals surface area contributed by atoms with Crippen LogP contribution in [0.1, 0.15) is 20.8 Å². The van der Waals surface area contributed by atoms with E-state index in [-0.39, 0.29) is 0 Å². The molecule has 9 heteroatoms. The van der Waals surface area contributed by atoms with E-state index in [0.29, 0.717) is 24.4 Å². The molecule has 2 heterocycles. The Labute approximate surface area is 116 Å². The Hall–Kier alpha value is -2.76. The van der Waals surface area contributed by atoms with Crippen molar-refractivity contribution in [2.45, 2.75) is 26.3 Å². The number of hydrogen-bond acceptors (Lipinski definition) is 8. The SMILES string of the molecule is CCNc1nc(NC(C)(C)C#N)nc(-n2cncn2)n1. The van der Waals surface area contributed by atoms with E-state index in [1.165, 1.54) is 17.3 Å². The van der Waals surface area contributed by atoms with Crippen molar-refractivity contribution in [2.24, 2.45) is 0 Å². The average molecular weight is 273 g/mol. The van der Waals surface area contributed by atoms with Crippen molar-refractivity contribution in [1.29, 1.82) is 5.26 Å². The molecular formula is C11H15N9. The van der Waals surface area contributed by atoms with Crippen LogP contribution >= 0.6 is 0 Å². The molecular weight excluding hydrogens is 258 g/mol. The molecule has 0 spiro atoms. The first kappa shape index (κ1) is 13.7. The van der Waals surface area contributed by atoms with Gasteiger partial charge in [-0.1, -0.05) is 0 Å². The predicted molar refractivity (Wildman–Crippen MR) is 72.2 cm³/mol. The molecule has 0 aliphatic carbocycles. The van der Waals surface area contributed by atoms with Crippen LogP contribution in [0.5, 0.6) is 0 Å². The number of anilines is 2. The van der Waals surface area contributed by atoms with Gasteiger partial charge in [-0.05, 0) is 20.8 Å². The smallest absolute Gasteiger partial charge is 0.258 e.